The summed E-state index contributed by atoms with van der Waals surface area (Å²) in [5.41, 5.74) is 0. The summed E-state index contributed by atoms with van der Waals surface area (Å²) >= 11 is 0. The molecule has 0 bridgehead atoms. The van der Waals surface area contributed by atoms with Gasteiger partial charge in [0.05, 0.1) is 19.4 Å². The van der Waals surface area contributed by atoms with Crippen LogP contribution in [0.5, 0.6) is 0 Å². The van der Waals surface area contributed by atoms with Gasteiger partial charge in [-0.1, -0.05) is 0 Å². The molecule has 1 saturated heterocycles. The van der Waals surface area contributed by atoms with Crippen molar-refractivity contribution in [1.82, 2.24) is 5.32 Å². The summed E-state index contributed by atoms with van der Waals surface area (Å²) in [6.45, 7) is -1.24. The first-order chi connectivity index (χ1) is 9.65. The number of nitrogens with one attached hydrogen (secondary N) is 1. The van der Waals surface area contributed by atoms with Crippen molar-refractivity contribution in [2.75, 3.05) is 19.4 Å². The molecule has 5 atom stereocenters. The molecular weight excluding hydrogens is 313 g/mol. The summed E-state index contributed by atoms with van der Waals surface area (Å²) in [6, 6.07) is 0. The molecule has 0 aliphatic carbocycles. The maximum Gasteiger partial charge on any atom is 0.339 e. The number of ether oxygens (including phenoxy) is 2. The Balaban J connectivity index is 2.49. The average Bonchev–Trinajstić information content (AvgIpc) is 2.38. The second-order valence-corrected chi connectivity index (χ2v) is 6.08. The van der Waals surface area contributed by atoms with Crippen LogP contribution in [0.4, 0.5) is 0 Å². The molecule has 124 valence electrons. The second-order valence-electron chi connectivity index (χ2n) is 4.44. The van der Waals surface area contributed by atoms with Crippen LogP contribution >= 0.6 is 7.60 Å². The lowest BCUT2D eigenvalue weighted by Crippen LogP contribution is -2.59. The Morgan fingerprint density at radius 3 is 2.33 bits per heavy atom. The van der Waals surface area contributed by atoms with Gasteiger partial charge in [-0.3, -0.25) is 14.7 Å². The number of hydrogen-bond donors (Lipinski definition) is 7. The van der Waals surface area contributed by atoms with Crippen LogP contribution in [-0.4, -0.2) is 86.3 Å². The number of carbonyl (C=O) groups excluding carboxylic acids is 1. The Bertz CT molecular complexity index is 398. The van der Waals surface area contributed by atoms with E-state index in [0.29, 0.717) is 0 Å². The van der Waals surface area contributed by atoms with E-state index in [2.05, 4.69) is 10.1 Å². The molecule has 1 fully saturated rings. The van der Waals surface area contributed by atoms with Crippen LogP contribution in [0.1, 0.15) is 0 Å². The topological polar surface area (TPSA) is 186 Å². The maximum absolute atomic E-state index is 11.4. The smallest absolute Gasteiger partial charge is 0.339 e. The first kappa shape index (κ1) is 18.4. The van der Waals surface area contributed by atoms with Crippen LogP contribution in [-0.2, 0) is 18.8 Å². The molecule has 0 aromatic rings. The zero-order valence-electron chi connectivity index (χ0n) is 10.8. The van der Waals surface area contributed by atoms with Gasteiger partial charge >= 0.3 is 13.6 Å². The highest BCUT2D eigenvalue weighted by Crippen LogP contribution is 2.31. The van der Waals surface area contributed by atoms with Gasteiger partial charge in [-0.05, 0) is 0 Å². The fourth-order valence-electron chi connectivity index (χ4n) is 1.64. The molecule has 21 heavy (non-hydrogen) atoms. The molecule has 1 rings (SSSR count). The fraction of sp³-hybridized carbons (Fsp3) is 0.889. The molecule has 0 saturated carbocycles. The van der Waals surface area contributed by atoms with Gasteiger partial charge in [-0.2, -0.15) is 0 Å². The third-order valence-corrected chi connectivity index (χ3v) is 3.32. The van der Waals surface area contributed by atoms with Gasteiger partial charge in [0.15, 0.2) is 0 Å². The Hall–Kier alpha value is -0.620. The molecule has 12 heteroatoms. The molecule has 1 aliphatic rings. The highest BCUT2D eigenvalue weighted by atomic mass is 31.2. The summed E-state index contributed by atoms with van der Waals surface area (Å²) < 4.78 is 20.1. The maximum atomic E-state index is 11.4. The van der Waals surface area contributed by atoms with E-state index in [4.69, 9.17) is 19.6 Å². The summed E-state index contributed by atoms with van der Waals surface area (Å²) in [5.74, 6) is -1.01. The van der Waals surface area contributed by atoms with Gasteiger partial charge in [-0.25, -0.2) is 0 Å². The van der Waals surface area contributed by atoms with Crippen molar-refractivity contribution >= 4 is 13.6 Å². The van der Waals surface area contributed by atoms with Gasteiger partial charge in [0.2, 0.25) is 6.29 Å². The highest BCUT2D eigenvalue weighted by molar-refractivity contribution is 7.51. The second kappa shape index (κ2) is 7.58. The van der Waals surface area contributed by atoms with E-state index in [0.717, 1.165) is 0 Å². The molecule has 0 aromatic heterocycles. The lowest BCUT2D eigenvalue weighted by molar-refractivity contribution is -0.292. The van der Waals surface area contributed by atoms with E-state index in [-0.39, 0.29) is 0 Å². The van der Waals surface area contributed by atoms with Crippen molar-refractivity contribution in [3.8, 4) is 0 Å². The third kappa shape index (κ3) is 5.58. The van der Waals surface area contributed by atoms with Crippen LogP contribution in [0.3, 0.4) is 0 Å². The Labute approximate surface area is 119 Å². The van der Waals surface area contributed by atoms with Gasteiger partial charge in [-0.15, -0.1) is 0 Å². The number of rotatable bonds is 6. The van der Waals surface area contributed by atoms with Crippen LogP contribution < -0.4 is 5.32 Å². The molecule has 11 nitrogen and oxygen atoms in total. The number of carbonyl (C=O) groups is 1. The summed E-state index contributed by atoms with van der Waals surface area (Å²) in [5, 5.41) is 39.6. The number of aliphatic hydroxyl groups excluding tert-OH is 4. The zero-order chi connectivity index (χ0) is 16.2. The fourth-order valence-corrected chi connectivity index (χ4v) is 2.04. The van der Waals surface area contributed by atoms with E-state index in [1.807, 2.05) is 0 Å². The van der Waals surface area contributed by atoms with E-state index >= 15 is 0 Å². The van der Waals surface area contributed by atoms with Crippen molar-refractivity contribution < 1.29 is 49.0 Å². The Morgan fingerprint density at radius 2 is 1.81 bits per heavy atom. The Kier molecular flexibility index (Phi) is 6.66. The van der Waals surface area contributed by atoms with E-state index < -0.39 is 63.7 Å². The lowest BCUT2D eigenvalue weighted by Gasteiger charge is -2.39. The number of esters is 1. The predicted molar refractivity (Wildman–Crippen MR) is 64.8 cm³/mol. The van der Waals surface area contributed by atoms with Gasteiger partial charge in [0, 0.05) is 0 Å². The van der Waals surface area contributed by atoms with Gasteiger partial charge in [0.25, 0.3) is 0 Å². The first-order valence-electron chi connectivity index (χ1n) is 5.91. The number of aliphatic hydroxyl groups is 4. The van der Waals surface area contributed by atoms with Crippen molar-refractivity contribution in [3.63, 3.8) is 0 Å². The Morgan fingerprint density at radius 1 is 1.19 bits per heavy atom. The molecule has 0 spiro atoms. The molecule has 0 aromatic carbocycles. The van der Waals surface area contributed by atoms with Crippen molar-refractivity contribution in [2.45, 2.75) is 30.7 Å². The zero-order valence-corrected chi connectivity index (χ0v) is 11.7. The molecular formula is C9H18NO10P. The predicted octanol–water partition coefficient (Wildman–Crippen LogP) is -3.95. The molecule has 1 unspecified atom stereocenters. The molecule has 7 N–H and O–H groups in total. The third-order valence-electron chi connectivity index (χ3n) is 2.68. The van der Waals surface area contributed by atoms with Crippen LogP contribution in [0, 0.1) is 0 Å². The van der Waals surface area contributed by atoms with Crippen molar-refractivity contribution in [3.05, 3.63) is 0 Å². The molecule has 1 aliphatic heterocycles. The van der Waals surface area contributed by atoms with Gasteiger partial charge in [0.1, 0.15) is 24.4 Å². The van der Waals surface area contributed by atoms with Crippen LogP contribution in [0.15, 0.2) is 0 Å². The SMILES string of the molecule is O=C(CNCP(=O)(O)O)OC1O[C@H](CO)[C@@H](O)[C@H](O)[C@H]1O. The van der Waals surface area contributed by atoms with E-state index in [1.54, 1.807) is 0 Å². The van der Waals surface area contributed by atoms with E-state index in [1.165, 1.54) is 0 Å². The van der Waals surface area contributed by atoms with Crippen molar-refractivity contribution in [1.29, 1.82) is 0 Å². The van der Waals surface area contributed by atoms with Crippen LogP contribution in [0.25, 0.3) is 0 Å². The summed E-state index contributed by atoms with van der Waals surface area (Å²) in [7, 11) is -4.32. The minimum absolute atomic E-state index is 0.569. The van der Waals surface area contributed by atoms with E-state index in [9.17, 15) is 24.7 Å². The largest absolute Gasteiger partial charge is 0.432 e. The van der Waals surface area contributed by atoms with Gasteiger partial charge < -0.3 is 39.7 Å². The minimum Gasteiger partial charge on any atom is -0.432 e. The summed E-state index contributed by atoms with van der Waals surface area (Å²) in [6.07, 6.45) is -8.57. The highest BCUT2D eigenvalue weighted by Gasteiger charge is 2.45. The molecule has 1 heterocycles. The first-order valence-corrected chi connectivity index (χ1v) is 7.70. The number of hydrogen-bond acceptors (Lipinski definition) is 9. The molecule has 0 radical (unpaired) electrons. The summed E-state index contributed by atoms with van der Waals surface area (Å²) in [4.78, 5) is 28.5. The quantitative estimate of drug-likeness (QED) is 0.186. The normalized spacial score (nSPS) is 33.7. The standard InChI is InChI=1S/C9H18NO10P/c11-2-4-6(13)7(14)8(15)9(19-4)20-5(12)1-10-3-21(16,17)18/h4,6-11,13-15H,1-3H2,(H2,16,17,18)/t4-,6-,7+,8-,9?/m1/s1. The van der Waals surface area contributed by atoms with Crippen LogP contribution in [0.2, 0.25) is 0 Å². The van der Waals surface area contributed by atoms with Crippen molar-refractivity contribution in [2.24, 2.45) is 0 Å². The molecule has 0 amide bonds. The average molecular weight is 331 g/mol. The minimum atomic E-state index is -4.32. The monoisotopic (exact) mass is 331 g/mol. The lowest BCUT2D eigenvalue weighted by atomic mass is 9.99.